The lowest BCUT2D eigenvalue weighted by Crippen LogP contribution is -2.34. The number of amides is 1. The summed E-state index contributed by atoms with van der Waals surface area (Å²) in [6.45, 7) is 2.82. The summed E-state index contributed by atoms with van der Waals surface area (Å²) in [4.78, 5) is 46.3. The first kappa shape index (κ1) is 21.0. The number of Topliss-reactive ketones (excluding diaryl/α,β-unsaturated/α-hetero) is 1. The molecule has 0 radical (unpaired) electrons. The van der Waals surface area contributed by atoms with Gasteiger partial charge in [0.05, 0.1) is 4.92 Å². The molecule has 1 N–H and O–H groups in total. The average Bonchev–Trinajstić information content (AvgIpc) is 2.66. The van der Waals surface area contributed by atoms with Crippen LogP contribution in [0.25, 0.3) is 0 Å². The summed E-state index contributed by atoms with van der Waals surface area (Å²) in [5, 5.41) is 13.0. The van der Waals surface area contributed by atoms with Gasteiger partial charge in [-0.15, -0.1) is 0 Å². The van der Waals surface area contributed by atoms with Gasteiger partial charge in [0.1, 0.15) is 11.6 Å². The summed E-state index contributed by atoms with van der Waals surface area (Å²) in [6.07, 6.45) is -1.02. The molecule has 0 fully saturated rings. The summed E-state index contributed by atoms with van der Waals surface area (Å²) in [6, 6.07) is 10.3. The molecule has 9 heteroatoms. The van der Waals surface area contributed by atoms with Gasteiger partial charge in [0.2, 0.25) is 5.78 Å². The summed E-state index contributed by atoms with van der Waals surface area (Å²) < 4.78 is 5.03. The van der Waals surface area contributed by atoms with Gasteiger partial charge in [0.15, 0.2) is 6.10 Å². The Morgan fingerprint density at radius 1 is 1.14 bits per heavy atom. The second-order valence-electron chi connectivity index (χ2n) is 5.97. The molecule has 0 aliphatic heterocycles. The number of nitro groups is 1. The van der Waals surface area contributed by atoms with Gasteiger partial charge in [-0.05, 0) is 26.0 Å². The number of aryl methyl sites for hydroxylation is 1. The monoisotopic (exact) mass is 404 g/mol. The Balaban J connectivity index is 1.92. The van der Waals surface area contributed by atoms with Crippen molar-refractivity contribution >= 4 is 34.9 Å². The molecule has 8 nitrogen and oxygen atoms in total. The third-order valence-electron chi connectivity index (χ3n) is 3.81. The number of ketones is 1. The molecule has 0 aliphatic carbocycles. The number of nitro benzene ring substituents is 1. The molecule has 0 spiro atoms. The number of halogens is 1. The van der Waals surface area contributed by atoms with Gasteiger partial charge in [-0.1, -0.05) is 41.4 Å². The van der Waals surface area contributed by atoms with E-state index < -0.39 is 35.1 Å². The van der Waals surface area contributed by atoms with E-state index in [1.54, 1.807) is 24.3 Å². The van der Waals surface area contributed by atoms with Crippen molar-refractivity contribution < 1.29 is 24.0 Å². The van der Waals surface area contributed by atoms with E-state index in [4.69, 9.17) is 16.3 Å². The fourth-order valence-electron chi connectivity index (χ4n) is 2.29. The smallest absolute Gasteiger partial charge is 0.326 e. The first-order valence-electron chi connectivity index (χ1n) is 8.21. The van der Waals surface area contributed by atoms with Gasteiger partial charge in [-0.25, -0.2) is 0 Å². The van der Waals surface area contributed by atoms with E-state index in [0.717, 1.165) is 11.6 Å². The van der Waals surface area contributed by atoms with E-state index in [9.17, 15) is 24.5 Å². The van der Waals surface area contributed by atoms with E-state index in [1.165, 1.54) is 19.1 Å². The van der Waals surface area contributed by atoms with Crippen molar-refractivity contribution in [3.8, 4) is 0 Å². The highest BCUT2D eigenvalue weighted by Gasteiger charge is 2.21. The number of nitrogens with one attached hydrogen (secondary N) is 1. The summed E-state index contributed by atoms with van der Waals surface area (Å²) in [7, 11) is 0. The number of esters is 1. The van der Waals surface area contributed by atoms with Crippen LogP contribution in [0.4, 0.5) is 5.69 Å². The molecule has 0 saturated heterocycles. The molecular weight excluding hydrogens is 388 g/mol. The number of hydrogen-bond acceptors (Lipinski definition) is 6. The predicted octanol–water partition coefficient (Wildman–Crippen LogP) is 3.10. The maximum absolute atomic E-state index is 12.2. The van der Waals surface area contributed by atoms with Crippen LogP contribution in [0.3, 0.4) is 0 Å². The lowest BCUT2D eigenvalue weighted by atomic mass is 10.1. The van der Waals surface area contributed by atoms with Crippen LogP contribution < -0.4 is 5.32 Å². The van der Waals surface area contributed by atoms with Crippen molar-refractivity contribution in [1.29, 1.82) is 0 Å². The minimum absolute atomic E-state index is 0.0346. The zero-order valence-corrected chi connectivity index (χ0v) is 15.9. The number of rotatable bonds is 7. The standard InChI is InChI=1S/C19H17ClN2O6/c1-11-3-5-13(6-4-11)18(24)12(2)28-17(23)10-21-19(25)14-7-8-15(20)16(9-14)22(26)27/h3-9,12H,10H2,1-2H3,(H,21,25)/t12-/m1/s1. The number of benzene rings is 2. The fraction of sp³-hybridized carbons (Fsp3) is 0.211. The average molecular weight is 405 g/mol. The van der Waals surface area contributed by atoms with Crippen LogP contribution in [0.1, 0.15) is 33.2 Å². The summed E-state index contributed by atoms with van der Waals surface area (Å²) in [5.74, 6) is -1.90. The van der Waals surface area contributed by atoms with Gasteiger partial charge >= 0.3 is 5.97 Å². The van der Waals surface area contributed by atoms with E-state index in [0.29, 0.717) is 5.56 Å². The van der Waals surface area contributed by atoms with Crippen molar-refractivity contribution in [2.24, 2.45) is 0 Å². The molecular formula is C19H17ClN2O6. The first-order valence-corrected chi connectivity index (χ1v) is 8.59. The lowest BCUT2D eigenvalue weighted by molar-refractivity contribution is -0.384. The lowest BCUT2D eigenvalue weighted by Gasteiger charge is -2.13. The number of hydrogen-bond donors (Lipinski definition) is 1. The quantitative estimate of drug-likeness (QED) is 0.328. The second kappa shape index (κ2) is 9.09. The highest BCUT2D eigenvalue weighted by Crippen LogP contribution is 2.24. The molecule has 0 bridgehead atoms. The van der Waals surface area contributed by atoms with Crippen molar-refractivity contribution in [2.75, 3.05) is 6.54 Å². The van der Waals surface area contributed by atoms with Crippen LogP contribution in [0.5, 0.6) is 0 Å². The first-order chi connectivity index (χ1) is 13.2. The minimum atomic E-state index is -1.02. The maximum Gasteiger partial charge on any atom is 0.326 e. The molecule has 0 unspecified atom stereocenters. The van der Waals surface area contributed by atoms with Gasteiger partial charge in [-0.2, -0.15) is 0 Å². The summed E-state index contributed by atoms with van der Waals surface area (Å²) in [5.41, 5.74) is 0.941. The Labute approximate surface area is 165 Å². The Morgan fingerprint density at radius 3 is 2.36 bits per heavy atom. The van der Waals surface area contributed by atoms with Crippen molar-refractivity contribution in [2.45, 2.75) is 20.0 Å². The van der Waals surface area contributed by atoms with Crippen LogP contribution in [-0.4, -0.2) is 35.2 Å². The molecule has 1 atom stereocenters. The number of ether oxygens (including phenoxy) is 1. The largest absolute Gasteiger partial charge is 0.453 e. The number of carbonyl (C=O) groups excluding carboxylic acids is 3. The molecule has 2 aromatic rings. The highest BCUT2D eigenvalue weighted by molar-refractivity contribution is 6.32. The minimum Gasteiger partial charge on any atom is -0.453 e. The SMILES string of the molecule is Cc1ccc(C(=O)[C@@H](C)OC(=O)CNC(=O)c2ccc(Cl)c([N+](=O)[O-])c2)cc1. The Kier molecular flexibility index (Phi) is 6.84. The van der Waals surface area contributed by atoms with Crippen LogP contribution in [0, 0.1) is 17.0 Å². The van der Waals surface area contributed by atoms with Crippen molar-refractivity contribution in [1.82, 2.24) is 5.32 Å². The Bertz CT molecular complexity index is 927. The van der Waals surface area contributed by atoms with Crippen LogP contribution in [-0.2, 0) is 9.53 Å². The number of nitrogens with zero attached hydrogens (tertiary/aromatic N) is 1. The van der Waals surface area contributed by atoms with Crippen molar-refractivity contribution in [3.63, 3.8) is 0 Å². The number of carbonyl (C=O) groups is 3. The third-order valence-corrected chi connectivity index (χ3v) is 4.13. The molecule has 0 aliphatic rings. The van der Waals surface area contributed by atoms with Gasteiger partial charge in [0, 0.05) is 17.2 Å². The van der Waals surface area contributed by atoms with Crippen LogP contribution in [0.15, 0.2) is 42.5 Å². The van der Waals surface area contributed by atoms with Gasteiger partial charge < -0.3 is 10.1 Å². The second-order valence-corrected chi connectivity index (χ2v) is 6.38. The van der Waals surface area contributed by atoms with Crippen LogP contribution >= 0.6 is 11.6 Å². The van der Waals surface area contributed by atoms with E-state index >= 15 is 0 Å². The predicted molar refractivity (Wildman–Crippen MR) is 102 cm³/mol. The molecule has 146 valence electrons. The molecule has 0 heterocycles. The molecule has 0 aromatic heterocycles. The normalized spacial score (nSPS) is 11.4. The van der Waals surface area contributed by atoms with Crippen LogP contribution in [0.2, 0.25) is 5.02 Å². The van der Waals surface area contributed by atoms with E-state index in [-0.39, 0.29) is 16.4 Å². The molecule has 2 aromatic carbocycles. The fourth-order valence-corrected chi connectivity index (χ4v) is 2.48. The topological polar surface area (TPSA) is 116 Å². The van der Waals surface area contributed by atoms with Crippen molar-refractivity contribution in [3.05, 3.63) is 74.3 Å². The van der Waals surface area contributed by atoms with Gasteiger partial charge in [0.25, 0.3) is 11.6 Å². The molecule has 28 heavy (non-hydrogen) atoms. The Hall–Kier alpha value is -3.26. The molecule has 2 rings (SSSR count). The maximum atomic E-state index is 12.2. The Morgan fingerprint density at radius 2 is 1.75 bits per heavy atom. The summed E-state index contributed by atoms with van der Waals surface area (Å²) >= 11 is 5.69. The molecule has 1 amide bonds. The third kappa shape index (κ3) is 5.37. The van der Waals surface area contributed by atoms with E-state index in [2.05, 4.69) is 5.32 Å². The molecule has 0 saturated carbocycles. The van der Waals surface area contributed by atoms with E-state index in [1.807, 2.05) is 6.92 Å². The van der Waals surface area contributed by atoms with Gasteiger partial charge in [-0.3, -0.25) is 24.5 Å². The zero-order chi connectivity index (χ0) is 20.8. The highest BCUT2D eigenvalue weighted by atomic mass is 35.5. The zero-order valence-electron chi connectivity index (χ0n) is 15.1.